The Morgan fingerprint density at radius 3 is 2.06 bits per heavy atom. The Morgan fingerprint density at radius 1 is 0.642 bits per heavy atom. The first-order valence-corrected chi connectivity index (χ1v) is 19.1. The summed E-state index contributed by atoms with van der Waals surface area (Å²) in [6.45, 7) is 4.85. The molecule has 2 atom stereocenters. The number of rotatable bonds is 6. The van der Waals surface area contributed by atoms with Crippen LogP contribution in [-0.2, 0) is 32.2 Å². The van der Waals surface area contributed by atoms with Crippen LogP contribution in [0.15, 0.2) is 54.6 Å². The lowest BCUT2D eigenvalue weighted by molar-refractivity contribution is 0.205. The fourth-order valence-electron chi connectivity index (χ4n) is 9.01. The zero-order valence-corrected chi connectivity index (χ0v) is 32.1. The predicted molar refractivity (Wildman–Crippen MR) is 207 cm³/mol. The number of nitrogens with zero attached hydrogens (tertiary/aromatic N) is 3. The molecular weight excluding hydrogens is 666 g/mol. The van der Waals surface area contributed by atoms with Crippen molar-refractivity contribution in [3.8, 4) is 46.0 Å². The zero-order valence-electron chi connectivity index (χ0n) is 32.1. The Hall–Kier alpha value is -4.44. The van der Waals surface area contributed by atoms with E-state index in [1.807, 2.05) is 6.07 Å². The standard InChI is InChI=1S/C44H53N3O6/c1-45-20-16-30-25-38(49-4)40-26-33(30)35(45)22-28-10-13-31(14-11-28)52-39-24-29(12-15-37(39)48-3)23-36-41-32(17-21-46(36)2)34(27-47-18-8-7-9-19-47)42(50-5)44(51-6)43(41)53-40/h10-15,24-26,35-36H,7-9,16-23,27H2,1-6H3/t35-,36-/m0/s1. The Labute approximate surface area is 314 Å². The summed E-state index contributed by atoms with van der Waals surface area (Å²) in [6.07, 6.45) is 7.11. The summed E-state index contributed by atoms with van der Waals surface area (Å²) in [5.74, 6) is 5.66. The lowest BCUT2D eigenvalue weighted by atomic mass is 9.84. The maximum absolute atomic E-state index is 7.26. The van der Waals surface area contributed by atoms with E-state index in [1.54, 1.807) is 28.4 Å². The van der Waals surface area contributed by atoms with Crippen molar-refractivity contribution in [2.45, 2.75) is 63.6 Å². The molecule has 1 fully saturated rings. The molecule has 0 N–H and O–H groups in total. The van der Waals surface area contributed by atoms with Crippen molar-refractivity contribution in [3.05, 3.63) is 93.5 Å². The molecular formula is C44H53N3O6. The van der Waals surface area contributed by atoms with Gasteiger partial charge in [-0.25, -0.2) is 0 Å². The van der Waals surface area contributed by atoms with E-state index in [9.17, 15) is 0 Å². The minimum atomic E-state index is -0.0180. The first kappa shape index (κ1) is 35.6. The van der Waals surface area contributed by atoms with Crippen molar-refractivity contribution in [1.29, 1.82) is 0 Å². The van der Waals surface area contributed by atoms with Crippen molar-refractivity contribution >= 4 is 0 Å². The van der Waals surface area contributed by atoms with Gasteiger partial charge in [-0.15, -0.1) is 0 Å². The van der Waals surface area contributed by atoms with Crippen LogP contribution in [0.5, 0.6) is 46.0 Å². The van der Waals surface area contributed by atoms with Gasteiger partial charge in [0.15, 0.2) is 34.5 Å². The Bertz CT molecular complexity index is 1960. The maximum Gasteiger partial charge on any atom is 0.204 e. The van der Waals surface area contributed by atoms with Gasteiger partial charge in [-0.05, 0) is 130 Å². The Balaban J connectivity index is 1.37. The number of piperidine rings is 1. The van der Waals surface area contributed by atoms with Crippen molar-refractivity contribution in [2.75, 3.05) is 68.7 Å². The summed E-state index contributed by atoms with van der Waals surface area (Å²) < 4.78 is 38.4. The van der Waals surface area contributed by atoms with Crippen molar-refractivity contribution in [2.24, 2.45) is 0 Å². The smallest absolute Gasteiger partial charge is 0.204 e. The highest BCUT2D eigenvalue weighted by Gasteiger charge is 2.37. The number of hydrogen-bond acceptors (Lipinski definition) is 9. The molecule has 0 saturated carbocycles. The van der Waals surface area contributed by atoms with E-state index in [1.165, 1.54) is 47.1 Å². The van der Waals surface area contributed by atoms with E-state index >= 15 is 0 Å². The fraction of sp³-hybridized carbons (Fsp3) is 0.455. The van der Waals surface area contributed by atoms with Gasteiger partial charge in [0.05, 0.1) is 28.4 Å². The molecule has 0 amide bonds. The number of fused-ring (bicyclic) bond motifs is 2. The molecule has 0 spiro atoms. The zero-order chi connectivity index (χ0) is 36.6. The molecule has 9 nitrogen and oxygen atoms in total. The minimum Gasteiger partial charge on any atom is -0.493 e. The summed E-state index contributed by atoms with van der Waals surface area (Å²) in [7, 11) is 11.3. The molecule has 4 aromatic carbocycles. The molecule has 1 saturated heterocycles. The number of likely N-dealkylation sites (N-methyl/N-ethyl adjacent to an activating group) is 2. The third-order valence-electron chi connectivity index (χ3n) is 11.9. The minimum absolute atomic E-state index is 0.0180. The van der Waals surface area contributed by atoms with Crippen LogP contribution >= 0.6 is 0 Å². The Kier molecular flexibility index (Phi) is 10.2. The maximum atomic E-state index is 7.26. The van der Waals surface area contributed by atoms with Crippen LogP contribution in [0.25, 0.3) is 0 Å². The van der Waals surface area contributed by atoms with Crippen LogP contribution in [0.2, 0.25) is 0 Å². The third kappa shape index (κ3) is 6.79. The molecule has 5 aliphatic rings. The highest BCUT2D eigenvalue weighted by Crippen LogP contribution is 2.54. The molecule has 6 bridgehead atoms. The molecule has 0 aromatic heterocycles. The molecule has 5 heterocycles. The van der Waals surface area contributed by atoms with Crippen molar-refractivity contribution in [3.63, 3.8) is 0 Å². The van der Waals surface area contributed by atoms with Crippen LogP contribution in [0.3, 0.4) is 0 Å². The molecule has 53 heavy (non-hydrogen) atoms. The number of likely N-dealkylation sites (tertiary alicyclic amines) is 1. The average molecular weight is 720 g/mol. The third-order valence-corrected chi connectivity index (χ3v) is 11.9. The van der Waals surface area contributed by atoms with Gasteiger partial charge in [-0.1, -0.05) is 24.6 Å². The van der Waals surface area contributed by atoms with Gasteiger partial charge >= 0.3 is 0 Å². The molecule has 9 rings (SSSR count). The normalized spacial score (nSPS) is 20.3. The van der Waals surface area contributed by atoms with E-state index in [2.05, 4.69) is 77.3 Å². The second kappa shape index (κ2) is 15.1. The van der Waals surface area contributed by atoms with Gasteiger partial charge < -0.3 is 28.4 Å². The lowest BCUT2D eigenvalue weighted by Gasteiger charge is -2.39. The molecule has 4 aromatic rings. The van der Waals surface area contributed by atoms with Crippen LogP contribution in [-0.4, -0.2) is 83.4 Å². The highest BCUT2D eigenvalue weighted by atomic mass is 16.5. The molecule has 0 unspecified atom stereocenters. The summed E-state index contributed by atoms with van der Waals surface area (Å²) in [6, 6.07) is 19.3. The highest BCUT2D eigenvalue weighted by molar-refractivity contribution is 5.67. The SMILES string of the molecule is COc1ccc2cc1Oc1ccc(cc1)C[C@H]1c3cc(c(OC)cc3CCN1C)Oc1c(OC)c(OC)c(CN3CCCCC3)c3c1[C@H](C2)N(C)CC3. The van der Waals surface area contributed by atoms with Crippen LogP contribution in [0.1, 0.15) is 70.3 Å². The number of ether oxygens (including phenoxy) is 6. The van der Waals surface area contributed by atoms with Gasteiger partial charge in [-0.2, -0.15) is 0 Å². The van der Waals surface area contributed by atoms with Gasteiger partial charge in [0.2, 0.25) is 5.75 Å². The van der Waals surface area contributed by atoms with E-state index < -0.39 is 0 Å². The molecule has 9 heteroatoms. The van der Waals surface area contributed by atoms with Crippen LogP contribution in [0.4, 0.5) is 0 Å². The monoisotopic (exact) mass is 719 g/mol. The summed E-state index contributed by atoms with van der Waals surface area (Å²) in [4.78, 5) is 7.47. The summed E-state index contributed by atoms with van der Waals surface area (Å²) in [5.41, 5.74) is 8.56. The second-order valence-corrected chi connectivity index (χ2v) is 15.0. The summed E-state index contributed by atoms with van der Waals surface area (Å²) >= 11 is 0. The van der Waals surface area contributed by atoms with Gasteiger partial charge in [-0.3, -0.25) is 14.7 Å². The first-order valence-electron chi connectivity index (χ1n) is 19.1. The molecule has 0 aliphatic carbocycles. The number of hydrogen-bond donors (Lipinski definition) is 0. The summed E-state index contributed by atoms with van der Waals surface area (Å²) in [5, 5.41) is 0. The Morgan fingerprint density at radius 2 is 1.32 bits per heavy atom. The fourth-order valence-corrected chi connectivity index (χ4v) is 9.01. The largest absolute Gasteiger partial charge is 0.493 e. The average Bonchev–Trinajstić information content (AvgIpc) is 3.18. The quantitative estimate of drug-likeness (QED) is 0.197. The van der Waals surface area contributed by atoms with E-state index in [4.69, 9.17) is 28.4 Å². The van der Waals surface area contributed by atoms with Crippen LogP contribution < -0.4 is 28.4 Å². The van der Waals surface area contributed by atoms with Crippen molar-refractivity contribution < 1.29 is 28.4 Å². The molecule has 0 radical (unpaired) electrons. The first-order chi connectivity index (χ1) is 25.9. The molecule has 280 valence electrons. The second-order valence-electron chi connectivity index (χ2n) is 15.0. The van der Waals surface area contributed by atoms with Crippen LogP contribution in [0, 0.1) is 0 Å². The van der Waals surface area contributed by atoms with E-state index in [-0.39, 0.29) is 12.1 Å². The van der Waals surface area contributed by atoms with Gasteiger partial charge in [0, 0.05) is 42.8 Å². The number of benzene rings is 4. The molecule has 5 aliphatic heterocycles. The predicted octanol–water partition coefficient (Wildman–Crippen LogP) is 8.15. The van der Waals surface area contributed by atoms with E-state index in [0.717, 1.165) is 86.8 Å². The van der Waals surface area contributed by atoms with Crippen molar-refractivity contribution in [1.82, 2.24) is 14.7 Å². The number of methoxy groups -OCH3 is 4. The lowest BCUT2D eigenvalue weighted by Crippen LogP contribution is -2.36. The van der Waals surface area contributed by atoms with Gasteiger partial charge in [0.25, 0.3) is 0 Å². The topological polar surface area (TPSA) is 65.1 Å². The van der Waals surface area contributed by atoms with E-state index in [0.29, 0.717) is 28.7 Å². The van der Waals surface area contributed by atoms with Gasteiger partial charge in [0.1, 0.15) is 5.75 Å².